The maximum absolute atomic E-state index is 5.80. The molecule has 0 heterocycles. The molecule has 0 amide bonds. The van der Waals surface area contributed by atoms with Gasteiger partial charge in [-0.05, 0) is 39.0 Å². The van der Waals surface area contributed by atoms with E-state index in [1.807, 2.05) is 46.9 Å². The summed E-state index contributed by atoms with van der Waals surface area (Å²) < 4.78 is 0. The van der Waals surface area contributed by atoms with E-state index in [-0.39, 0.29) is 0 Å². The zero-order valence-corrected chi connectivity index (χ0v) is 20.5. The summed E-state index contributed by atoms with van der Waals surface area (Å²) in [6.45, 7) is 15.2. The third-order valence-electron chi connectivity index (χ3n) is 3.80. The van der Waals surface area contributed by atoms with Gasteiger partial charge in [-0.15, -0.1) is 29.8 Å². The Morgan fingerprint density at radius 2 is 1.72 bits per heavy atom. The minimum atomic E-state index is 0.508. The van der Waals surface area contributed by atoms with Crippen LogP contribution in [0, 0.1) is 0 Å². The Morgan fingerprint density at radius 1 is 1.14 bits per heavy atom. The Morgan fingerprint density at radius 3 is 2.17 bits per heavy atom. The molecule has 0 atom stereocenters. The molecule has 0 spiro atoms. The molecule has 164 valence electrons. The second-order valence-electron chi connectivity index (χ2n) is 5.85. The first-order valence-corrected chi connectivity index (χ1v) is 11.2. The highest BCUT2D eigenvalue weighted by molar-refractivity contribution is 6.19. The monoisotopic (exact) mass is 439 g/mol. The lowest BCUT2D eigenvalue weighted by atomic mass is 10.2. The fourth-order valence-corrected chi connectivity index (χ4v) is 2.39. The number of rotatable bonds is 10. The number of halogens is 2. The molecule has 0 unspecified atom stereocenters. The molecule has 0 aliphatic carbocycles. The van der Waals surface area contributed by atoms with E-state index in [1.54, 1.807) is 6.08 Å². The van der Waals surface area contributed by atoms with Gasteiger partial charge in [-0.25, -0.2) is 0 Å². The van der Waals surface area contributed by atoms with Crippen LogP contribution < -0.4 is 5.32 Å². The number of alkyl halides is 2. The van der Waals surface area contributed by atoms with Gasteiger partial charge in [-0.2, -0.15) is 5.10 Å². The number of nitrogens with one attached hydrogen (secondary N) is 1. The molecule has 1 N–H and O–H groups in total. The molecule has 0 saturated carbocycles. The van der Waals surface area contributed by atoms with E-state index in [1.165, 1.54) is 11.3 Å². The van der Waals surface area contributed by atoms with Crippen LogP contribution in [0.2, 0.25) is 0 Å². The highest BCUT2D eigenvalue weighted by Gasteiger charge is 2.10. The third-order valence-corrected chi connectivity index (χ3v) is 4.18. The zero-order valence-electron chi connectivity index (χ0n) is 19.0. The highest BCUT2D eigenvalue weighted by Crippen LogP contribution is 2.16. The van der Waals surface area contributed by atoms with Crippen molar-refractivity contribution in [3.63, 3.8) is 0 Å². The molecule has 0 aliphatic heterocycles. The van der Waals surface area contributed by atoms with E-state index in [9.17, 15) is 0 Å². The molecule has 1 aromatic rings. The Bertz CT molecular complexity index is 608. The molecule has 3 nitrogen and oxygen atoms in total. The smallest absolute Gasteiger partial charge is 0.0662 e. The average molecular weight is 441 g/mol. The summed E-state index contributed by atoms with van der Waals surface area (Å²) in [6.07, 6.45) is 6.71. The van der Waals surface area contributed by atoms with Crippen molar-refractivity contribution in [2.24, 2.45) is 5.10 Å². The predicted octanol–water partition coefficient (Wildman–Crippen LogP) is 7.00. The normalized spacial score (nSPS) is 11.7. The van der Waals surface area contributed by atoms with E-state index < -0.39 is 0 Å². The van der Waals surface area contributed by atoms with Crippen LogP contribution >= 0.6 is 23.2 Å². The molecule has 29 heavy (non-hydrogen) atoms. The second kappa shape index (κ2) is 21.2. The van der Waals surface area contributed by atoms with Crippen molar-refractivity contribution in [1.29, 1.82) is 0 Å². The molecule has 0 radical (unpaired) electrons. The summed E-state index contributed by atoms with van der Waals surface area (Å²) in [5, 5.41) is 10.1. The van der Waals surface area contributed by atoms with Gasteiger partial charge in [-0.1, -0.05) is 62.4 Å². The molecule has 0 aromatic heterocycles. The van der Waals surface area contributed by atoms with Crippen LogP contribution in [0.25, 0.3) is 0 Å². The number of benzene rings is 1. The van der Waals surface area contributed by atoms with E-state index in [4.69, 9.17) is 28.3 Å². The van der Waals surface area contributed by atoms with Gasteiger partial charge in [0.05, 0.1) is 12.3 Å². The maximum Gasteiger partial charge on any atom is 0.0662 e. The second-order valence-corrected chi connectivity index (χ2v) is 6.46. The van der Waals surface area contributed by atoms with Gasteiger partial charge in [-0.3, -0.25) is 5.01 Å². The van der Waals surface area contributed by atoms with Gasteiger partial charge in [0.15, 0.2) is 0 Å². The summed E-state index contributed by atoms with van der Waals surface area (Å²) in [6, 6.07) is 10.4. The van der Waals surface area contributed by atoms with E-state index in [2.05, 4.69) is 54.2 Å². The van der Waals surface area contributed by atoms with Crippen LogP contribution in [0.1, 0.15) is 46.6 Å². The minimum absolute atomic E-state index is 0.508. The molecule has 0 fully saturated rings. The van der Waals surface area contributed by atoms with Gasteiger partial charge >= 0.3 is 0 Å². The predicted molar refractivity (Wildman–Crippen MR) is 134 cm³/mol. The topological polar surface area (TPSA) is 27.6 Å². The maximum atomic E-state index is 5.80. The van der Waals surface area contributed by atoms with E-state index in [0.717, 1.165) is 30.8 Å². The summed E-state index contributed by atoms with van der Waals surface area (Å²) in [7, 11) is 1.97. The van der Waals surface area contributed by atoms with Crippen molar-refractivity contribution < 1.29 is 0 Å². The van der Waals surface area contributed by atoms with Crippen molar-refractivity contribution in [3.05, 3.63) is 72.0 Å². The standard InChI is InChI=1S/C19H28ClN3.C3H5Cl.C2H6/c1-5-19(12-14-21-4)23(15-18-9-7-6-8-10-18)22-17(3)16(2)11-13-20;1-2-3-4;1-2/h5-11,21H,12-15H2,1-4H3;2H,1,3H2;1-2H3/b16-11+,19-5+,22-17+;;. The van der Waals surface area contributed by atoms with Crippen molar-refractivity contribution >= 4 is 28.9 Å². The molecular weight excluding hydrogens is 401 g/mol. The first-order valence-electron chi connectivity index (χ1n) is 10.1. The average Bonchev–Trinajstić information content (AvgIpc) is 2.76. The molecule has 0 bridgehead atoms. The number of hydrogen-bond acceptors (Lipinski definition) is 3. The first kappa shape index (κ1) is 29.6. The number of allylic oxidation sites excluding steroid dienone is 4. The van der Waals surface area contributed by atoms with Gasteiger partial charge in [0, 0.05) is 30.4 Å². The summed E-state index contributed by atoms with van der Waals surface area (Å²) in [5.74, 6) is 1.06. The molecule has 1 aromatic carbocycles. The van der Waals surface area contributed by atoms with Crippen LogP contribution in [0.5, 0.6) is 0 Å². The Kier molecular flexibility index (Phi) is 21.6. The number of nitrogens with zero attached hydrogens (tertiary/aromatic N) is 2. The van der Waals surface area contributed by atoms with Crippen molar-refractivity contribution in [2.75, 3.05) is 25.4 Å². The van der Waals surface area contributed by atoms with E-state index in [0.29, 0.717) is 11.8 Å². The van der Waals surface area contributed by atoms with Crippen LogP contribution in [0.4, 0.5) is 0 Å². The fraction of sp³-hybridized carbons (Fsp3) is 0.458. The minimum Gasteiger partial charge on any atom is -0.319 e. The summed E-state index contributed by atoms with van der Waals surface area (Å²) in [5.41, 5.74) is 4.56. The highest BCUT2D eigenvalue weighted by atomic mass is 35.5. The van der Waals surface area contributed by atoms with Crippen molar-refractivity contribution in [2.45, 2.75) is 47.6 Å². The first-order chi connectivity index (χ1) is 14.0. The number of hydrogen-bond donors (Lipinski definition) is 1. The lowest BCUT2D eigenvalue weighted by Crippen LogP contribution is -2.21. The molecule has 0 saturated heterocycles. The fourth-order valence-electron chi connectivity index (χ4n) is 2.16. The molecular formula is C24H39Cl2N3. The van der Waals surface area contributed by atoms with Crippen molar-refractivity contribution in [1.82, 2.24) is 10.3 Å². The zero-order chi connectivity index (χ0) is 22.5. The quantitative estimate of drug-likeness (QED) is 0.184. The summed E-state index contributed by atoms with van der Waals surface area (Å²) in [4.78, 5) is 0. The largest absolute Gasteiger partial charge is 0.319 e. The van der Waals surface area contributed by atoms with E-state index >= 15 is 0 Å². The van der Waals surface area contributed by atoms with Crippen LogP contribution in [0.15, 0.2) is 71.5 Å². The van der Waals surface area contributed by atoms with Gasteiger partial charge < -0.3 is 5.32 Å². The van der Waals surface area contributed by atoms with Gasteiger partial charge in [0.2, 0.25) is 0 Å². The van der Waals surface area contributed by atoms with Crippen LogP contribution in [-0.2, 0) is 6.54 Å². The van der Waals surface area contributed by atoms with Crippen LogP contribution in [0.3, 0.4) is 0 Å². The van der Waals surface area contributed by atoms with Crippen molar-refractivity contribution in [3.8, 4) is 0 Å². The lowest BCUT2D eigenvalue weighted by Gasteiger charge is -2.24. The Hall–Kier alpha value is -1.55. The molecule has 1 rings (SSSR count). The SMILES string of the molecule is C/C=C(\CCNC)N(Cc1ccccc1)/N=C(C)/C(C)=C/CCl.C=CCCl.CC. The third kappa shape index (κ3) is 15.0. The van der Waals surface area contributed by atoms with Gasteiger partial charge in [0.1, 0.15) is 0 Å². The number of hydrazone groups is 1. The Balaban J connectivity index is 0. The molecule has 0 aliphatic rings. The van der Waals surface area contributed by atoms with Crippen LogP contribution in [-0.4, -0.2) is 36.1 Å². The Labute approximate surface area is 189 Å². The summed E-state index contributed by atoms with van der Waals surface area (Å²) >= 11 is 10.9. The molecule has 5 heteroatoms. The lowest BCUT2D eigenvalue weighted by molar-refractivity contribution is 0.341. The van der Waals surface area contributed by atoms with Gasteiger partial charge in [0.25, 0.3) is 0 Å².